The Morgan fingerprint density at radius 3 is 2.55 bits per heavy atom. The number of hydrogen-bond donors (Lipinski definition) is 3. The van der Waals surface area contributed by atoms with Gasteiger partial charge in [0.1, 0.15) is 4.90 Å². The van der Waals surface area contributed by atoms with Crippen LogP contribution in [0.2, 0.25) is 0 Å². The van der Waals surface area contributed by atoms with E-state index in [0.29, 0.717) is 25.1 Å². The Bertz CT molecular complexity index is 1180. The summed E-state index contributed by atoms with van der Waals surface area (Å²) in [6.07, 6.45) is -4.32. The summed E-state index contributed by atoms with van der Waals surface area (Å²) in [5.41, 5.74) is 1.02. The highest BCUT2D eigenvalue weighted by atomic mass is 32.2. The van der Waals surface area contributed by atoms with Crippen molar-refractivity contribution in [3.8, 4) is 22.5 Å². The van der Waals surface area contributed by atoms with Crippen molar-refractivity contribution >= 4 is 10.0 Å². The number of primary sulfonamides is 1. The first-order chi connectivity index (χ1) is 13.7. The predicted molar refractivity (Wildman–Crippen MR) is 96.8 cm³/mol. The highest BCUT2D eigenvalue weighted by Gasteiger charge is 2.40. The second-order valence-corrected chi connectivity index (χ2v) is 8.01. The molecule has 0 saturated carbocycles. The van der Waals surface area contributed by atoms with Gasteiger partial charge in [0.2, 0.25) is 15.8 Å². The van der Waals surface area contributed by atoms with Gasteiger partial charge in [0, 0.05) is 6.54 Å². The van der Waals surface area contributed by atoms with Crippen LogP contribution in [0.25, 0.3) is 22.5 Å². The summed E-state index contributed by atoms with van der Waals surface area (Å²) < 4.78 is 65.4. The van der Waals surface area contributed by atoms with Crippen molar-refractivity contribution in [1.82, 2.24) is 25.9 Å². The lowest BCUT2D eigenvalue weighted by molar-refractivity contribution is -0.139. The van der Waals surface area contributed by atoms with Crippen LogP contribution in [0, 0.1) is 0 Å². The number of aromatic nitrogens is 4. The van der Waals surface area contributed by atoms with Crippen LogP contribution in [0.4, 0.5) is 13.2 Å². The topological polar surface area (TPSA) is 127 Å². The molecule has 1 aromatic heterocycles. The number of nitrogens with two attached hydrogens (primary N) is 1. The molecule has 2 heterocycles. The monoisotopic (exact) mass is 424 g/mol. The van der Waals surface area contributed by atoms with Gasteiger partial charge in [-0.2, -0.15) is 18.4 Å². The fourth-order valence-electron chi connectivity index (χ4n) is 3.60. The normalized spacial score (nSPS) is 14.6. The number of benzene rings is 2. The molecule has 12 heteroatoms. The lowest BCUT2D eigenvalue weighted by Crippen LogP contribution is -2.24. The van der Waals surface area contributed by atoms with Crippen molar-refractivity contribution in [2.24, 2.45) is 5.14 Å². The maximum absolute atomic E-state index is 13.6. The van der Waals surface area contributed by atoms with E-state index in [0.717, 1.165) is 17.2 Å². The van der Waals surface area contributed by atoms with Crippen LogP contribution >= 0.6 is 0 Å². The van der Waals surface area contributed by atoms with Crippen LogP contribution in [0.5, 0.6) is 0 Å². The van der Waals surface area contributed by atoms with E-state index in [4.69, 9.17) is 5.14 Å². The summed E-state index contributed by atoms with van der Waals surface area (Å²) in [5, 5.41) is 21.4. The summed E-state index contributed by atoms with van der Waals surface area (Å²) in [7, 11) is -4.78. The molecule has 0 amide bonds. The Morgan fingerprint density at radius 1 is 1.10 bits per heavy atom. The highest BCUT2D eigenvalue weighted by molar-refractivity contribution is 7.89. The molecule has 8 nitrogen and oxygen atoms in total. The van der Waals surface area contributed by atoms with Crippen molar-refractivity contribution in [3.63, 3.8) is 0 Å². The fourth-order valence-corrected chi connectivity index (χ4v) is 4.58. The molecule has 0 unspecified atom stereocenters. The zero-order chi connectivity index (χ0) is 20.8. The standard InChI is InChI=1S/C17H15F3N6O2S/c18-17(19,20)13-5-4-12(11-3-1-2-9-8-22-7-6-10(9)11)14(15(13)29(21,27)28)16-23-25-26-24-16/h1-5,22H,6-8H2,(H2,21,27,28)(H,23,24,25,26). The van der Waals surface area contributed by atoms with Gasteiger partial charge < -0.3 is 5.32 Å². The van der Waals surface area contributed by atoms with E-state index in [1.165, 1.54) is 6.07 Å². The van der Waals surface area contributed by atoms with Gasteiger partial charge in [-0.3, -0.25) is 0 Å². The van der Waals surface area contributed by atoms with Gasteiger partial charge in [0.15, 0.2) is 0 Å². The maximum atomic E-state index is 13.6. The van der Waals surface area contributed by atoms with E-state index in [-0.39, 0.29) is 17.0 Å². The Kier molecular flexibility index (Phi) is 4.63. The first kappa shape index (κ1) is 19.5. The molecular formula is C17H15F3N6O2S. The van der Waals surface area contributed by atoms with Gasteiger partial charge in [-0.25, -0.2) is 13.6 Å². The number of alkyl halides is 3. The first-order valence-electron chi connectivity index (χ1n) is 8.50. The number of sulfonamides is 1. The molecule has 1 aliphatic heterocycles. The molecule has 4 N–H and O–H groups in total. The van der Waals surface area contributed by atoms with Crippen LogP contribution in [0.3, 0.4) is 0 Å². The quantitative estimate of drug-likeness (QED) is 0.589. The Balaban J connectivity index is 2.13. The largest absolute Gasteiger partial charge is 0.417 e. The minimum Gasteiger partial charge on any atom is -0.312 e. The van der Waals surface area contributed by atoms with Crippen molar-refractivity contribution in [2.75, 3.05) is 6.54 Å². The van der Waals surface area contributed by atoms with Gasteiger partial charge in [-0.05, 0) is 46.5 Å². The van der Waals surface area contributed by atoms with Gasteiger partial charge in [0.25, 0.3) is 0 Å². The highest BCUT2D eigenvalue weighted by Crippen LogP contribution is 2.44. The molecule has 29 heavy (non-hydrogen) atoms. The van der Waals surface area contributed by atoms with Gasteiger partial charge in [-0.15, -0.1) is 10.2 Å². The van der Waals surface area contributed by atoms with E-state index in [2.05, 4.69) is 25.9 Å². The van der Waals surface area contributed by atoms with Crippen LogP contribution in [0.1, 0.15) is 16.7 Å². The minimum atomic E-state index is -4.95. The van der Waals surface area contributed by atoms with Crippen LogP contribution in [0.15, 0.2) is 35.2 Å². The van der Waals surface area contributed by atoms with Gasteiger partial charge in [0.05, 0.1) is 11.1 Å². The van der Waals surface area contributed by atoms with E-state index in [1.54, 1.807) is 12.1 Å². The average molecular weight is 424 g/mol. The number of hydrogen-bond acceptors (Lipinski definition) is 6. The SMILES string of the molecule is NS(=O)(=O)c1c(C(F)(F)F)ccc(-c2cccc3c2CCNC3)c1-c1nn[nH]n1. The Morgan fingerprint density at radius 2 is 1.90 bits per heavy atom. The zero-order valence-electron chi connectivity index (χ0n) is 14.8. The molecule has 0 fully saturated rings. The van der Waals surface area contributed by atoms with Crippen molar-refractivity contribution in [1.29, 1.82) is 0 Å². The molecule has 0 radical (unpaired) electrons. The molecule has 0 saturated heterocycles. The zero-order valence-corrected chi connectivity index (χ0v) is 15.6. The lowest BCUT2D eigenvalue weighted by atomic mass is 9.88. The maximum Gasteiger partial charge on any atom is 0.417 e. The molecule has 1 aliphatic rings. The number of nitrogens with one attached hydrogen (secondary N) is 2. The number of aromatic amines is 1. The van der Waals surface area contributed by atoms with Gasteiger partial charge >= 0.3 is 6.18 Å². The van der Waals surface area contributed by atoms with Crippen molar-refractivity contribution in [3.05, 3.63) is 47.0 Å². The number of nitrogens with zero attached hydrogens (tertiary/aromatic N) is 3. The molecule has 0 aliphatic carbocycles. The lowest BCUT2D eigenvalue weighted by Gasteiger charge is -2.23. The molecule has 0 bridgehead atoms. The fraction of sp³-hybridized carbons (Fsp3) is 0.235. The third kappa shape index (κ3) is 3.50. The Hall–Kier alpha value is -2.83. The van der Waals surface area contributed by atoms with E-state index < -0.39 is 26.7 Å². The number of H-pyrrole nitrogens is 1. The van der Waals surface area contributed by atoms with Crippen LogP contribution in [-0.2, 0) is 29.2 Å². The first-order valence-corrected chi connectivity index (χ1v) is 10.0. The molecule has 0 spiro atoms. The van der Waals surface area contributed by atoms with E-state index in [9.17, 15) is 21.6 Å². The molecule has 2 aromatic carbocycles. The average Bonchev–Trinajstić information content (AvgIpc) is 3.19. The second-order valence-electron chi connectivity index (χ2n) is 6.51. The number of fused-ring (bicyclic) bond motifs is 1. The predicted octanol–water partition coefficient (Wildman–Crippen LogP) is 1.85. The molecule has 3 aromatic rings. The van der Waals surface area contributed by atoms with Crippen LogP contribution in [-0.4, -0.2) is 35.6 Å². The summed E-state index contributed by atoms with van der Waals surface area (Å²) in [5.74, 6) is -0.290. The minimum absolute atomic E-state index is 0.238. The summed E-state index contributed by atoms with van der Waals surface area (Å²) in [6.45, 7) is 1.29. The number of rotatable bonds is 3. The summed E-state index contributed by atoms with van der Waals surface area (Å²) in [6, 6.07) is 7.34. The number of halogens is 3. The molecule has 4 rings (SSSR count). The van der Waals surface area contributed by atoms with E-state index in [1.807, 2.05) is 6.07 Å². The van der Waals surface area contributed by atoms with Gasteiger partial charge in [-0.1, -0.05) is 24.3 Å². The Labute approximate surface area is 163 Å². The molecule has 152 valence electrons. The second kappa shape index (κ2) is 6.90. The summed E-state index contributed by atoms with van der Waals surface area (Å²) in [4.78, 5) is -1.07. The third-order valence-corrected chi connectivity index (χ3v) is 5.74. The third-order valence-electron chi connectivity index (χ3n) is 4.75. The van der Waals surface area contributed by atoms with Crippen molar-refractivity contribution in [2.45, 2.75) is 24.0 Å². The molecular weight excluding hydrogens is 409 g/mol. The molecule has 0 atom stereocenters. The summed E-state index contributed by atoms with van der Waals surface area (Å²) >= 11 is 0. The smallest absolute Gasteiger partial charge is 0.312 e. The van der Waals surface area contributed by atoms with Crippen molar-refractivity contribution < 1.29 is 21.6 Å². The van der Waals surface area contributed by atoms with E-state index >= 15 is 0 Å². The van der Waals surface area contributed by atoms with Crippen LogP contribution < -0.4 is 10.5 Å². The number of tetrazole rings is 1.